The molecule has 0 spiro atoms. The van der Waals surface area contributed by atoms with Gasteiger partial charge in [-0.2, -0.15) is 0 Å². The van der Waals surface area contributed by atoms with Crippen LogP contribution in [0.3, 0.4) is 0 Å². The summed E-state index contributed by atoms with van der Waals surface area (Å²) in [5.41, 5.74) is 2.95. The third kappa shape index (κ3) is 4.83. The normalized spacial score (nSPS) is 17.9. The Hall–Kier alpha value is -1.39. The zero-order valence-electron chi connectivity index (χ0n) is 13.0. The maximum atomic E-state index is 12.1. The number of amides is 1. The highest BCUT2D eigenvalue weighted by molar-refractivity contribution is 5.95. The van der Waals surface area contributed by atoms with E-state index < -0.39 is 0 Å². The van der Waals surface area contributed by atoms with Crippen LogP contribution in [0.1, 0.15) is 40.7 Å². The van der Waals surface area contributed by atoms with Crippen molar-refractivity contribution in [2.45, 2.75) is 39.2 Å². The van der Waals surface area contributed by atoms with E-state index in [2.05, 4.69) is 5.32 Å². The minimum Gasteiger partial charge on any atom is -0.379 e. The molecule has 21 heavy (non-hydrogen) atoms. The quantitative estimate of drug-likeness (QED) is 0.786. The van der Waals surface area contributed by atoms with Gasteiger partial charge < -0.3 is 14.8 Å². The zero-order chi connectivity index (χ0) is 15.1. The Kier molecular flexibility index (Phi) is 6.21. The first-order chi connectivity index (χ1) is 10.2. The van der Waals surface area contributed by atoms with Crippen LogP contribution in [0.2, 0.25) is 0 Å². The number of rotatable bonds is 7. The van der Waals surface area contributed by atoms with Crippen molar-refractivity contribution in [1.82, 2.24) is 5.32 Å². The van der Waals surface area contributed by atoms with Gasteiger partial charge in [0.2, 0.25) is 0 Å². The van der Waals surface area contributed by atoms with Crippen molar-refractivity contribution in [3.8, 4) is 0 Å². The molecule has 0 aliphatic carbocycles. The Morgan fingerprint density at radius 1 is 1.43 bits per heavy atom. The average molecular weight is 291 g/mol. The van der Waals surface area contributed by atoms with Gasteiger partial charge in [0.25, 0.3) is 5.91 Å². The van der Waals surface area contributed by atoms with Crippen LogP contribution in [-0.2, 0) is 9.47 Å². The number of hydrogen-bond acceptors (Lipinski definition) is 3. The predicted molar refractivity (Wildman–Crippen MR) is 82.7 cm³/mol. The molecule has 2 rings (SSSR count). The highest BCUT2D eigenvalue weighted by Gasteiger charge is 2.15. The highest BCUT2D eigenvalue weighted by atomic mass is 16.5. The van der Waals surface area contributed by atoms with E-state index in [0.29, 0.717) is 19.8 Å². The van der Waals surface area contributed by atoms with E-state index in [4.69, 9.17) is 9.47 Å². The van der Waals surface area contributed by atoms with E-state index in [0.717, 1.165) is 42.6 Å². The van der Waals surface area contributed by atoms with Crippen LogP contribution in [-0.4, -0.2) is 38.4 Å². The molecule has 0 radical (unpaired) electrons. The zero-order valence-corrected chi connectivity index (χ0v) is 13.0. The molecule has 0 unspecified atom stereocenters. The van der Waals surface area contributed by atoms with Crippen LogP contribution in [0.5, 0.6) is 0 Å². The smallest absolute Gasteiger partial charge is 0.251 e. The first-order valence-corrected chi connectivity index (χ1v) is 7.72. The second-order valence-corrected chi connectivity index (χ2v) is 5.57. The lowest BCUT2D eigenvalue weighted by atomic mass is 10.0. The van der Waals surface area contributed by atoms with Crippen LogP contribution < -0.4 is 5.32 Å². The van der Waals surface area contributed by atoms with Crippen molar-refractivity contribution in [2.75, 3.05) is 26.4 Å². The topological polar surface area (TPSA) is 47.6 Å². The van der Waals surface area contributed by atoms with E-state index in [1.54, 1.807) is 0 Å². The van der Waals surface area contributed by atoms with Crippen molar-refractivity contribution < 1.29 is 14.3 Å². The van der Waals surface area contributed by atoms with Crippen LogP contribution in [0.25, 0.3) is 0 Å². The third-order valence-corrected chi connectivity index (χ3v) is 3.93. The minimum atomic E-state index is -0.00433. The van der Waals surface area contributed by atoms with Gasteiger partial charge >= 0.3 is 0 Å². The predicted octanol–water partition coefficient (Wildman–Crippen LogP) is 2.62. The second-order valence-electron chi connectivity index (χ2n) is 5.57. The molecule has 1 amide bonds. The number of benzene rings is 1. The number of carbonyl (C=O) groups is 1. The van der Waals surface area contributed by atoms with Crippen molar-refractivity contribution in [2.24, 2.45) is 0 Å². The monoisotopic (exact) mass is 291 g/mol. The van der Waals surface area contributed by atoms with Crippen LogP contribution >= 0.6 is 0 Å². The van der Waals surface area contributed by atoms with Crippen LogP contribution in [0, 0.1) is 13.8 Å². The summed E-state index contributed by atoms with van der Waals surface area (Å²) in [7, 11) is 0. The van der Waals surface area contributed by atoms with Crippen molar-refractivity contribution in [1.29, 1.82) is 0 Å². The standard InChI is InChI=1S/C17H25NO3/c1-13-6-3-8-16(14(13)2)17(19)18-9-5-10-20-12-15-7-4-11-21-15/h3,6,8,15H,4-5,7,9-12H2,1-2H3,(H,18,19)/t15-/m0/s1. The first kappa shape index (κ1) is 16.0. The fourth-order valence-corrected chi connectivity index (χ4v) is 2.46. The van der Waals surface area contributed by atoms with E-state index in [1.165, 1.54) is 0 Å². The van der Waals surface area contributed by atoms with Crippen LogP contribution in [0.15, 0.2) is 18.2 Å². The molecular formula is C17H25NO3. The lowest BCUT2D eigenvalue weighted by Crippen LogP contribution is -2.26. The molecule has 1 atom stereocenters. The summed E-state index contributed by atoms with van der Waals surface area (Å²) >= 11 is 0. The van der Waals surface area contributed by atoms with E-state index in [-0.39, 0.29) is 12.0 Å². The Balaban J connectivity index is 1.61. The molecule has 1 N–H and O–H groups in total. The van der Waals surface area contributed by atoms with E-state index in [9.17, 15) is 4.79 Å². The molecule has 1 aliphatic rings. The summed E-state index contributed by atoms with van der Waals surface area (Å²) in [4.78, 5) is 12.1. The van der Waals surface area contributed by atoms with Crippen molar-refractivity contribution in [3.63, 3.8) is 0 Å². The maximum absolute atomic E-state index is 12.1. The largest absolute Gasteiger partial charge is 0.379 e. The molecule has 4 nitrogen and oxygen atoms in total. The first-order valence-electron chi connectivity index (χ1n) is 7.72. The number of ether oxygens (including phenoxy) is 2. The molecule has 1 fully saturated rings. The van der Waals surface area contributed by atoms with Gasteiger partial charge in [-0.1, -0.05) is 12.1 Å². The fraction of sp³-hybridized carbons (Fsp3) is 0.588. The molecular weight excluding hydrogens is 266 g/mol. The average Bonchev–Trinajstić information content (AvgIpc) is 2.98. The minimum absolute atomic E-state index is 0.00433. The highest BCUT2D eigenvalue weighted by Crippen LogP contribution is 2.13. The molecule has 0 saturated carbocycles. The Morgan fingerprint density at radius 3 is 3.05 bits per heavy atom. The number of nitrogens with one attached hydrogen (secondary N) is 1. The van der Waals surface area contributed by atoms with Gasteiger partial charge in [0.15, 0.2) is 0 Å². The molecule has 0 bridgehead atoms. The molecule has 116 valence electrons. The molecule has 1 aliphatic heterocycles. The van der Waals surface area contributed by atoms with Gasteiger partial charge in [0.1, 0.15) is 0 Å². The Morgan fingerprint density at radius 2 is 2.29 bits per heavy atom. The molecule has 4 heteroatoms. The summed E-state index contributed by atoms with van der Waals surface area (Å²) in [6.45, 7) is 6.83. The molecule has 0 aromatic heterocycles. The number of hydrogen-bond donors (Lipinski definition) is 1. The van der Waals surface area contributed by atoms with Crippen molar-refractivity contribution >= 4 is 5.91 Å². The van der Waals surface area contributed by atoms with Crippen molar-refractivity contribution in [3.05, 3.63) is 34.9 Å². The van der Waals surface area contributed by atoms with Gasteiger partial charge in [-0.3, -0.25) is 4.79 Å². The summed E-state index contributed by atoms with van der Waals surface area (Å²) in [6.07, 6.45) is 3.33. The Labute approximate surface area is 126 Å². The van der Waals surface area contributed by atoms with Crippen LogP contribution in [0.4, 0.5) is 0 Å². The number of aryl methyl sites for hydroxylation is 1. The lowest BCUT2D eigenvalue weighted by molar-refractivity contribution is 0.0166. The number of carbonyl (C=O) groups excluding carboxylic acids is 1. The maximum Gasteiger partial charge on any atom is 0.251 e. The summed E-state index contributed by atoms with van der Waals surface area (Å²) < 4.78 is 11.1. The van der Waals surface area contributed by atoms with Gasteiger partial charge in [-0.15, -0.1) is 0 Å². The van der Waals surface area contributed by atoms with Gasteiger partial charge in [0, 0.05) is 25.3 Å². The molecule has 1 saturated heterocycles. The third-order valence-electron chi connectivity index (χ3n) is 3.93. The molecule has 1 heterocycles. The van der Waals surface area contributed by atoms with Gasteiger partial charge in [-0.05, 0) is 50.3 Å². The van der Waals surface area contributed by atoms with Gasteiger partial charge in [-0.25, -0.2) is 0 Å². The molecule has 1 aromatic carbocycles. The summed E-state index contributed by atoms with van der Waals surface area (Å²) in [5.74, 6) is -0.00433. The summed E-state index contributed by atoms with van der Waals surface area (Å²) in [6, 6.07) is 5.80. The Bertz CT molecular complexity index is 467. The SMILES string of the molecule is Cc1cccc(C(=O)NCCCOC[C@@H]2CCCO2)c1C. The second kappa shape index (κ2) is 8.15. The fourth-order valence-electron chi connectivity index (χ4n) is 2.46. The summed E-state index contributed by atoms with van der Waals surface area (Å²) in [5, 5.41) is 2.95. The van der Waals surface area contributed by atoms with Gasteiger partial charge in [0.05, 0.1) is 12.7 Å². The molecule has 1 aromatic rings. The van der Waals surface area contributed by atoms with E-state index >= 15 is 0 Å². The lowest BCUT2D eigenvalue weighted by Gasteiger charge is -2.11. The van der Waals surface area contributed by atoms with E-state index in [1.807, 2.05) is 32.0 Å².